The van der Waals surface area contributed by atoms with Crippen LogP contribution in [0, 0.1) is 0 Å². The molecule has 1 rings (SSSR count). The highest BCUT2D eigenvalue weighted by atomic mass is 16.5. The number of rotatable bonds is 6. The number of methoxy groups -OCH3 is 1. The minimum absolute atomic E-state index is 0.00870. The average molecular weight is 236 g/mol. The van der Waals surface area contributed by atoms with E-state index < -0.39 is 0 Å². The third-order valence-electron chi connectivity index (χ3n) is 2.65. The molecule has 17 heavy (non-hydrogen) atoms. The zero-order valence-corrected chi connectivity index (χ0v) is 10.4. The summed E-state index contributed by atoms with van der Waals surface area (Å²) in [7, 11) is 1.65. The summed E-state index contributed by atoms with van der Waals surface area (Å²) < 4.78 is 5.09. The minimum Gasteiger partial charge on any atom is -0.382 e. The molecule has 1 aromatic rings. The third kappa shape index (κ3) is 4.97. The van der Waals surface area contributed by atoms with Gasteiger partial charge >= 0.3 is 0 Å². The van der Waals surface area contributed by atoms with Gasteiger partial charge < -0.3 is 15.8 Å². The van der Waals surface area contributed by atoms with Gasteiger partial charge in [0.05, 0.1) is 6.10 Å². The number of carbonyl (C=O) groups is 1. The fourth-order valence-electron chi connectivity index (χ4n) is 1.40. The molecule has 94 valence electrons. The molecule has 0 radical (unpaired) electrons. The van der Waals surface area contributed by atoms with Crippen molar-refractivity contribution in [1.82, 2.24) is 0 Å². The van der Waals surface area contributed by atoms with Gasteiger partial charge in [-0.2, -0.15) is 0 Å². The number of hydrogen-bond acceptors (Lipinski definition) is 3. The van der Waals surface area contributed by atoms with Gasteiger partial charge in [0.15, 0.2) is 0 Å². The summed E-state index contributed by atoms with van der Waals surface area (Å²) in [5, 5.41) is 2.84. The van der Waals surface area contributed by atoms with Crippen LogP contribution in [0.4, 0.5) is 5.69 Å². The van der Waals surface area contributed by atoms with Crippen LogP contribution in [0.2, 0.25) is 0 Å². The van der Waals surface area contributed by atoms with Crippen LogP contribution in [0.1, 0.15) is 25.3 Å². The molecule has 0 fully saturated rings. The van der Waals surface area contributed by atoms with E-state index in [1.54, 1.807) is 7.11 Å². The predicted molar refractivity (Wildman–Crippen MR) is 68.7 cm³/mol. The lowest BCUT2D eigenvalue weighted by Crippen LogP contribution is -2.15. The predicted octanol–water partition coefficient (Wildman–Crippen LogP) is 1.90. The largest absolute Gasteiger partial charge is 0.382 e. The maximum Gasteiger partial charge on any atom is 0.224 e. The van der Waals surface area contributed by atoms with E-state index in [2.05, 4.69) is 5.32 Å². The second-order valence-electron chi connectivity index (χ2n) is 4.03. The van der Waals surface area contributed by atoms with E-state index in [9.17, 15) is 4.79 Å². The Morgan fingerprint density at radius 1 is 1.41 bits per heavy atom. The van der Waals surface area contributed by atoms with Gasteiger partial charge in [-0.05, 0) is 31.0 Å². The Kier molecular flexibility index (Phi) is 5.66. The van der Waals surface area contributed by atoms with E-state index in [0.717, 1.165) is 17.7 Å². The van der Waals surface area contributed by atoms with Crippen molar-refractivity contribution in [2.24, 2.45) is 5.73 Å². The summed E-state index contributed by atoms with van der Waals surface area (Å²) in [6.07, 6.45) is 1.30. The van der Waals surface area contributed by atoms with E-state index >= 15 is 0 Å². The Labute approximate surface area is 102 Å². The van der Waals surface area contributed by atoms with Crippen LogP contribution in [0.15, 0.2) is 24.3 Å². The standard InChI is InChI=1S/C13H20N2O2/c1-10(17-2)3-8-13(16)15-12-6-4-11(9-14)5-7-12/h4-7,10H,3,8-9,14H2,1-2H3,(H,15,16). The molecule has 1 aromatic carbocycles. The number of nitrogens with two attached hydrogens (primary N) is 1. The molecule has 1 atom stereocenters. The van der Waals surface area contributed by atoms with Gasteiger partial charge in [-0.3, -0.25) is 4.79 Å². The van der Waals surface area contributed by atoms with Crippen LogP contribution in [0.5, 0.6) is 0 Å². The highest BCUT2D eigenvalue weighted by molar-refractivity contribution is 5.90. The van der Waals surface area contributed by atoms with Crippen molar-refractivity contribution in [3.8, 4) is 0 Å². The fraction of sp³-hybridized carbons (Fsp3) is 0.462. The molecule has 4 nitrogen and oxygen atoms in total. The Bertz CT molecular complexity index is 349. The number of carbonyl (C=O) groups excluding carboxylic acids is 1. The average Bonchev–Trinajstić information content (AvgIpc) is 2.36. The number of anilines is 1. The molecule has 0 aromatic heterocycles. The molecule has 0 spiro atoms. The first-order valence-electron chi connectivity index (χ1n) is 5.77. The lowest BCUT2D eigenvalue weighted by molar-refractivity contribution is -0.116. The molecule has 0 aliphatic rings. The van der Waals surface area contributed by atoms with Crippen LogP contribution in [0.3, 0.4) is 0 Å². The highest BCUT2D eigenvalue weighted by Gasteiger charge is 2.06. The van der Waals surface area contributed by atoms with E-state index in [0.29, 0.717) is 13.0 Å². The van der Waals surface area contributed by atoms with Crippen molar-refractivity contribution in [1.29, 1.82) is 0 Å². The Hall–Kier alpha value is -1.39. The van der Waals surface area contributed by atoms with Crippen molar-refractivity contribution in [2.75, 3.05) is 12.4 Å². The topological polar surface area (TPSA) is 64.3 Å². The zero-order chi connectivity index (χ0) is 12.7. The second kappa shape index (κ2) is 7.04. The molecular weight excluding hydrogens is 216 g/mol. The molecule has 1 unspecified atom stereocenters. The van der Waals surface area contributed by atoms with Crippen LogP contribution < -0.4 is 11.1 Å². The lowest BCUT2D eigenvalue weighted by Gasteiger charge is -2.09. The second-order valence-corrected chi connectivity index (χ2v) is 4.03. The normalized spacial score (nSPS) is 12.2. The van der Waals surface area contributed by atoms with Gasteiger partial charge in [-0.25, -0.2) is 0 Å². The van der Waals surface area contributed by atoms with Gasteiger partial charge in [0.1, 0.15) is 0 Å². The van der Waals surface area contributed by atoms with E-state index in [1.165, 1.54) is 0 Å². The summed E-state index contributed by atoms with van der Waals surface area (Å²) in [5.41, 5.74) is 7.35. The first-order valence-corrected chi connectivity index (χ1v) is 5.77. The molecule has 0 bridgehead atoms. The molecule has 0 saturated heterocycles. The summed E-state index contributed by atoms with van der Waals surface area (Å²) in [6, 6.07) is 7.54. The van der Waals surface area contributed by atoms with Crippen molar-refractivity contribution in [2.45, 2.75) is 32.4 Å². The van der Waals surface area contributed by atoms with E-state index in [-0.39, 0.29) is 12.0 Å². The number of benzene rings is 1. The monoisotopic (exact) mass is 236 g/mol. The van der Waals surface area contributed by atoms with Crippen molar-refractivity contribution >= 4 is 11.6 Å². The molecule has 1 amide bonds. The third-order valence-corrected chi connectivity index (χ3v) is 2.65. The Balaban J connectivity index is 2.39. The van der Waals surface area contributed by atoms with Crippen LogP contribution >= 0.6 is 0 Å². The van der Waals surface area contributed by atoms with Gasteiger partial charge in [0.2, 0.25) is 5.91 Å². The zero-order valence-electron chi connectivity index (χ0n) is 10.4. The van der Waals surface area contributed by atoms with Gasteiger partial charge in [0, 0.05) is 25.8 Å². The first-order chi connectivity index (χ1) is 8.15. The Morgan fingerprint density at radius 2 is 2.06 bits per heavy atom. The summed E-state index contributed by atoms with van der Waals surface area (Å²) in [5.74, 6) is 0.00870. The number of ether oxygens (including phenoxy) is 1. The summed E-state index contributed by atoms with van der Waals surface area (Å²) in [6.45, 7) is 2.46. The van der Waals surface area contributed by atoms with Crippen LogP contribution in [-0.4, -0.2) is 19.1 Å². The van der Waals surface area contributed by atoms with Gasteiger partial charge in [0.25, 0.3) is 0 Å². The summed E-state index contributed by atoms with van der Waals surface area (Å²) >= 11 is 0. The molecule has 4 heteroatoms. The molecule has 0 aliphatic carbocycles. The fourth-order valence-corrected chi connectivity index (χ4v) is 1.40. The Morgan fingerprint density at radius 3 is 2.59 bits per heavy atom. The van der Waals surface area contributed by atoms with E-state index in [1.807, 2.05) is 31.2 Å². The van der Waals surface area contributed by atoms with Crippen molar-refractivity contribution in [3.63, 3.8) is 0 Å². The lowest BCUT2D eigenvalue weighted by atomic mass is 10.2. The highest BCUT2D eigenvalue weighted by Crippen LogP contribution is 2.10. The van der Waals surface area contributed by atoms with Crippen LogP contribution in [-0.2, 0) is 16.1 Å². The first kappa shape index (κ1) is 13.7. The minimum atomic E-state index is 0.00870. The molecule has 0 aliphatic heterocycles. The molecule has 3 N–H and O–H groups in total. The quantitative estimate of drug-likeness (QED) is 0.793. The van der Waals surface area contributed by atoms with Crippen molar-refractivity contribution in [3.05, 3.63) is 29.8 Å². The van der Waals surface area contributed by atoms with E-state index in [4.69, 9.17) is 10.5 Å². The van der Waals surface area contributed by atoms with Crippen molar-refractivity contribution < 1.29 is 9.53 Å². The number of amides is 1. The van der Waals surface area contributed by atoms with Gasteiger partial charge in [-0.1, -0.05) is 12.1 Å². The smallest absolute Gasteiger partial charge is 0.224 e. The molecular formula is C13H20N2O2. The number of hydrogen-bond donors (Lipinski definition) is 2. The van der Waals surface area contributed by atoms with Gasteiger partial charge in [-0.15, -0.1) is 0 Å². The maximum absolute atomic E-state index is 11.6. The molecule has 0 saturated carbocycles. The number of nitrogens with one attached hydrogen (secondary N) is 1. The summed E-state index contributed by atoms with van der Waals surface area (Å²) in [4.78, 5) is 11.6. The molecule has 0 heterocycles. The maximum atomic E-state index is 11.6. The van der Waals surface area contributed by atoms with Crippen LogP contribution in [0.25, 0.3) is 0 Å². The SMILES string of the molecule is COC(C)CCC(=O)Nc1ccc(CN)cc1.